The fourth-order valence-corrected chi connectivity index (χ4v) is 0.410. The topological polar surface area (TPSA) is 58.0 Å². The first-order chi connectivity index (χ1) is 4.31. The van der Waals surface area contributed by atoms with E-state index in [2.05, 4.69) is 10.0 Å². The molecule has 0 bridgehead atoms. The van der Waals surface area contributed by atoms with Gasteiger partial charge in [0, 0.05) is 11.5 Å². The van der Waals surface area contributed by atoms with E-state index in [1.165, 1.54) is 0 Å². The van der Waals surface area contributed by atoms with E-state index in [0.29, 0.717) is 13.2 Å². The Morgan fingerprint density at radius 3 is 2.89 bits per heavy atom. The molecule has 0 aromatic carbocycles. The van der Waals surface area contributed by atoms with Crippen LogP contribution < -0.4 is 0 Å². The highest BCUT2D eigenvalue weighted by Gasteiger charge is 1.94. The van der Waals surface area contributed by atoms with Gasteiger partial charge < -0.3 is 4.74 Å². The third kappa shape index (κ3) is 5.14. The molecule has 0 rings (SSSR count). The van der Waals surface area contributed by atoms with Crippen molar-refractivity contribution in [3.05, 3.63) is 10.4 Å². The molecular weight excluding hydrogens is 118 g/mol. The third-order valence-electron chi connectivity index (χ3n) is 0.812. The number of ether oxygens (including phenoxy) is 1. The highest BCUT2D eigenvalue weighted by Crippen LogP contribution is 1.89. The summed E-state index contributed by atoms with van der Waals surface area (Å²) in [6.07, 6.45) is 0. The van der Waals surface area contributed by atoms with Gasteiger partial charge in [0.1, 0.15) is 0 Å². The number of rotatable bonds is 4. The normalized spacial score (nSPS) is 12.2. The molecule has 0 aliphatic rings. The summed E-state index contributed by atoms with van der Waals surface area (Å²) in [5.41, 5.74) is 7.94. The van der Waals surface area contributed by atoms with Crippen LogP contribution in [0.3, 0.4) is 0 Å². The third-order valence-corrected chi connectivity index (χ3v) is 0.812. The van der Waals surface area contributed by atoms with E-state index in [0.717, 1.165) is 0 Å². The Hall–Kier alpha value is -0.730. The van der Waals surface area contributed by atoms with Gasteiger partial charge in [-0.3, -0.25) is 0 Å². The summed E-state index contributed by atoms with van der Waals surface area (Å²) in [6, 6.07) is -0.0463. The van der Waals surface area contributed by atoms with Gasteiger partial charge in [-0.1, -0.05) is 12.0 Å². The molecule has 0 saturated carbocycles. The molecule has 0 spiro atoms. The number of hydrogen-bond donors (Lipinski definition) is 0. The second-order valence-corrected chi connectivity index (χ2v) is 1.71. The molecule has 0 aromatic heterocycles. The zero-order valence-corrected chi connectivity index (χ0v) is 5.74. The second kappa shape index (κ2) is 5.41. The average molecular weight is 129 g/mol. The summed E-state index contributed by atoms with van der Waals surface area (Å²) in [7, 11) is 0. The largest absolute Gasteiger partial charge is 0.381 e. The summed E-state index contributed by atoms with van der Waals surface area (Å²) < 4.78 is 4.98. The van der Waals surface area contributed by atoms with E-state index < -0.39 is 0 Å². The van der Waals surface area contributed by atoms with E-state index in [9.17, 15) is 0 Å². The number of azide groups is 1. The molecule has 4 nitrogen and oxygen atoms in total. The first-order valence-electron chi connectivity index (χ1n) is 2.93. The van der Waals surface area contributed by atoms with Crippen LogP contribution in [0.4, 0.5) is 0 Å². The molecule has 0 aromatic rings. The Morgan fingerprint density at radius 2 is 2.44 bits per heavy atom. The zero-order valence-electron chi connectivity index (χ0n) is 5.74. The summed E-state index contributed by atoms with van der Waals surface area (Å²) in [5.74, 6) is 0. The van der Waals surface area contributed by atoms with E-state index >= 15 is 0 Å². The van der Waals surface area contributed by atoms with E-state index in [4.69, 9.17) is 10.3 Å². The molecule has 0 fully saturated rings. The van der Waals surface area contributed by atoms with Crippen LogP contribution in [0.2, 0.25) is 0 Å². The van der Waals surface area contributed by atoms with Crippen molar-refractivity contribution in [3.63, 3.8) is 0 Å². The van der Waals surface area contributed by atoms with Crippen LogP contribution >= 0.6 is 0 Å². The maximum atomic E-state index is 7.94. The van der Waals surface area contributed by atoms with Crippen LogP contribution in [0, 0.1) is 0 Å². The fourth-order valence-electron chi connectivity index (χ4n) is 0.410. The molecular formula is C5H11N3O. The first-order valence-corrected chi connectivity index (χ1v) is 2.93. The quantitative estimate of drug-likeness (QED) is 0.324. The van der Waals surface area contributed by atoms with Crippen LogP contribution in [0.5, 0.6) is 0 Å². The van der Waals surface area contributed by atoms with Gasteiger partial charge in [0.15, 0.2) is 0 Å². The van der Waals surface area contributed by atoms with Crippen LogP contribution in [0.25, 0.3) is 10.4 Å². The van der Waals surface area contributed by atoms with Gasteiger partial charge in [-0.2, -0.15) is 0 Å². The van der Waals surface area contributed by atoms with Crippen molar-refractivity contribution in [2.24, 2.45) is 5.11 Å². The Bertz CT molecular complexity index is 109. The van der Waals surface area contributed by atoms with Crippen LogP contribution in [-0.4, -0.2) is 19.3 Å². The van der Waals surface area contributed by atoms with Crippen molar-refractivity contribution in [1.29, 1.82) is 0 Å². The summed E-state index contributed by atoms with van der Waals surface area (Å²) in [6.45, 7) is 4.91. The lowest BCUT2D eigenvalue weighted by Gasteiger charge is -2.01. The molecule has 1 unspecified atom stereocenters. The van der Waals surface area contributed by atoms with Crippen LogP contribution in [-0.2, 0) is 4.74 Å². The molecule has 0 aliphatic carbocycles. The maximum absolute atomic E-state index is 7.94. The first kappa shape index (κ1) is 8.27. The van der Waals surface area contributed by atoms with E-state index in [1.54, 1.807) is 0 Å². The molecule has 0 amide bonds. The highest BCUT2D eigenvalue weighted by atomic mass is 16.5. The van der Waals surface area contributed by atoms with Crippen molar-refractivity contribution in [3.8, 4) is 0 Å². The van der Waals surface area contributed by atoms with Gasteiger partial charge in [-0.25, -0.2) is 0 Å². The molecule has 0 saturated heterocycles. The van der Waals surface area contributed by atoms with Gasteiger partial charge in [0.25, 0.3) is 0 Å². The Morgan fingerprint density at radius 1 is 1.78 bits per heavy atom. The lowest BCUT2D eigenvalue weighted by atomic mass is 10.4. The minimum Gasteiger partial charge on any atom is -0.381 e. The van der Waals surface area contributed by atoms with Gasteiger partial charge in [0.05, 0.1) is 12.6 Å². The van der Waals surface area contributed by atoms with Gasteiger partial charge in [-0.05, 0) is 12.5 Å². The lowest BCUT2D eigenvalue weighted by Crippen LogP contribution is -2.07. The Labute approximate surface area is 54.4 Å². The van der Waals surface area contributed by atoms with Gasteiger partial charge >= 0.3 is 0 Å². The fraction of sp³-hybridized carbons (Fsp3) is 1.00. The lowest BCUT2D eigenvalue weighted by molar-refractivity contribution is 0.137. The van der Waals surface area contributed by atoms with E-state index in [1.807, 2.05) is 13.8 Å². The molecule has 0 N–H and O–H groups in total. The van der Waals surface area contributed by atoms with Crippen LogP contribution in [0.15, 0.2) is 5.11 Å². The monoisotopic (exact) mass is 129 g/mol. The highest BCUT2D eigenvalue weighted by molar-refractivity contribution is 4.57. The summed E-state index contributed by atoms with van der Waals surface area (Å²) >= 11 is 0. The molecule has 0 aliphatic heterocycles. The minimum atomic E-state index is -0.0463. The molecule has 0 heterocycles. The molecule has 52 valence electrons. The van der Waals surface area contributed by atoms with Crippen molar-refractivity contribution >= 4 is 0 Å². The summed E-state index contributed by atoms with van der Waals surface area (Å²) in [5, 5.41) is 3.42. The summed E-state index contributed by atoms with van der Waals surface area (Å²) in [4.78, 5) is 2.63. The molecule has 0 radical (unpaired) electrons. The standard InChI is InChI=1S/C5H11N3O/c1-3-9-4-5(2)7-8-6/h5H,3-4H2,1-2H3. The van der Waals surface area contributed by atoms with Crippen LogP contribution in [0.1, 0.15) is 13.8 Å². The van der Waals surface area contributed by atoms with Crippen molar-refractivity contribution in [2.75, 3.05) is 13.2 Å². The zero-order chi connectivity index (χ0) is 7.11. The minimum absolute atomic E-state index is 0.0463. The van der Waals surface area contributed by atoms with Crippen molar-refractivity contribution < 1.29 is 4.74 Å². The number of hydrogen-bond acceptors (Lipinski definition) is 2. The maximum Gasteiger partial charge on any atom is 0.0579 e. The second-order valence-electron chi connectivity index (χ2n) is 1.71. The van der Waals surface area contributed by atoms with Crippen molar-refractivity contribution in [2.45, 2.75) is 19.9 Å². The average Bonchev–Trinajstić information content (AvgIpc) is 1.85. The predicted octanol–water partition coefficient (Wildman–Crippen LogP) is 1.72. The SMILES string of the molecule is CCOCC(C)N=[N+]=[N-]. The number of nitrogens with zero attached hydrogens (tertiary/aromatic N) is 3. The van der Waals surface area contributed by atoms with Crippen molar-refractivity contribution in [1.82, 2.24) is 0 Å². The smallest absolute Gasteiger partial charge is 0.0579 e. The Kier molecular flexibility index (Phi) is 4.97. The van der Waals surface area contributed by atoms with Gasteiger partial charge in [-0.15, -0.1) is 0 Å². The van der Waals surface area contributed by atoms with E-state index in [-0.39, 0.29) is 6.04 Å². The molecule has 1 atom stereocenters. The predicted molar refractivity (Wildman–Crippen MR) is 35.1 cm³/mol. The van der Waals surface area contributed by atoms with Gasteiger partial charge in [0.2, 0.25) is 0 Å². The molecule has 4 heteroatoms. The Balaban J connectivity index is 3.26. The molecule has 9 heavy (non-hydrogen) atoms.